The minimum absolute atomic E-state index is 0.449. The Hall–Kier alpha value is -1.11. The molecule has 0 N–H and O–H groups in total. The molecule has 176 valence electrons. The van der Waals surface area contributed by atoms with Gasteiger partial charge in [0.05, 0.1) is 0 Å². The number of Topliss-reactive ketones (excluding diaryl/α,β-unsaturated/α-hetero) is 1. The highest BCUT2D eigenvalue weighted by molar-refractivity contribution is 5.79. The summed E-state index contributed by atoms with van der Waals surface area (Å²) in [5, 5.41) is 0. The maximum absolute atomic E-state index is 12.2. The van der Waals surface area contributed by atoms with Gasteiger partial charge in [0, 0.05) is 12.8 Å². The molecule has 0 amide bonds. The van der Waals surface area contributed by atoms with Crippen LogP contribution in [0.5, 0.6) is 0 Å². The standard InChI is InChI=1S/C31H46O/c1-20-7-6-8-21(2)25(20)11-9-22(3)27-13-14-28-26-12-10-23-19-24(32)15-17-30(23,4)29(26)16-18-31(27,28)5/h6-8,22-23,26-29H,9-19H2,1-5H3/t22-,23+,26+,27-,28+,29+,30+,31-/m1/s1. The van der Waals surface area contributed by atoms with E-state index in [1.165, 1.54) is 68.9 Å². The average Bonchev–Trinajstić information content (AvgIpc) is 3.11. The Morgan fingerprint density at radius 1 is 0.938 bits per heavy atom. The van der Waals surface area contributed by atoms with Crippen LogP contribution in [0.3, 0.4) is 0 Å². The van der Waals surface area contributed by atoms with Crippen LogP contribution in [0.4, 0.5) is 0 Å². The molecule has 0 spiro atoms. The van der Waals surface area contributed by atoms with Crippen LogP contribution < -0.4 is 0 Å². The van der Waals surface area contributed by atoms with Crippen LogP contribution in [-0.4, -0.2) is 5.78 Å². The fraction of sp³-hybridized carbons (Fsp3) is 0.774. The first-order valence-electron chi connectivity index (χ1n) is 13.8. The first-order chi connectivity index (χ1) is 15.2. The van der Waals surface area contributed by atoms with Gasteiger partial charge in [0.2, 0.25) is 0 Å². The molecule has 1 nitrogen and oxygen atoms in total. The second kappa shape index (κ2) is 8.28. The van der Waals surface area contributed by atoms with Gasteiger partial charge in [-0.05, 0) is 135 Å². The van der Waals surface area contributed by atoms with Crippen molar-refractivity contribution in [3.05, 3.63) is 34.9 Å². The summed E-state index contributed by atoms with van der Waals surface area (Å²) in [4.78, 5) is 12.2. The third kappa shape index (κ3) is 3.52. The van der Waals surface area contributed by atoms with Crippen molar-refractivity contribution in [2.45, 2.75) is 105 Å². The molecular weight excluding hydrogens is 388 g/mol. The third-order valence-electron chi connectivity index (χ3n) is 11.7. The zero-order valence-corrected chi connectivity index (χ0v) is 21.4. The molecule has 0 saturated heterocycles. The van der Waals surface area contributed by atoms with Crippen LogP contribution in [0.1, 0.15) is 102 Å². The lowest BCUT2D eigenvalue weighted by atomic mass is 9.44. The lowest BCUT2D eigenvalue weighted by Gasteiger charge is -2.60. The van der Waals surface area contributed by atoms with Crippen molar-refractivity contribution < 1.29 is 4.79 Å². The summed E-state index contributed by atoms with van der Waals surface area (Å²) in [7, 11) is 0. The van der Waals surface area contributed by atoms with Gasteiger partial charge in [0.15, 0.2) is 0 Å². The molecule has 1 aromatic rings. The smallest absolute Gasteiger partial charge is 0.133 e. The van der Waals surface area contributed by atoms with Gasteiger partial charge in [0.1, 0.15) is 5.78 Å². The van der Waals surface area contributed by atoms with E-state index >= 15 is 0 Å². The minimum atomic E-state index is 0.449. The Kier molecular flexibility index (Phi) is 5.87. The normalized spacial score (nSPS) is 42.2. The number of benzene rings is 1. The number of aryl methyl sites for hydroxylation is 2. The Bertz CT molecular complexity index is 849. The molecule has 0 radical (unpaired) electrons. The molecule has 4 aliphatic rings. The molecule has 8 atom stereocenters. The van der Waals surface area contributed by atoms with E-state index in [0.717, 1.165) is 42.4 Å². The largest absolute Gasteiger partial charge is 0.300 e. The summed E-state index contributed by atoms with van der Waals surface area (Å²) in [5.74, 6) is 5.70. The molecule has 0 heterocycles. The van der Waals surface area contributed by atoms with Gasteiger partial charge in [-0.3, -0.25) is 4.79 Å². The summed E-state index contributed by atoms with van der Waals surface area (Å²) < 4.78 is 0. The second-order valence-electron chi connectivity index (χ2n) is 13.0. The van der Waals surface area contributed by atoms with E-state index in [0.29, 0.717) is 22.5 Å². The molecule has 0 bridgehead atoms. The molecule has 1 aromatic carbocycles. The van der Waals surface area contributed by atoms with Crippen LogP contribution in [0.15, 0.2) is 18.2 Å². The molecule has 0 unspecified atom stereocenters. The Morgan fingerprint density at radius 3 is 2.41 bits per heavy atom. The minimum Gasteiger partial charge on any atom is -0.300 e. The number of fused-ring (bicyclic) bond motifs is 5. The van der Waals surface area contributed by atoms with E-state index in [-0.39, 0.29) is 0 Å². The van der Waals surface area contributed by atoms with Gasteiger partial charge in [-0.25, -0.2) is 0 Å². The molecule has 0 aliphatic heterocycles. The molecule has 32 heavy (non-hydrogen) atoms. The number of ketones is 1. The predicted octanol–water partition coefficient (Wildman–Crippen LogP) is 8.10. The van der Waals surface area contributed by atoms with Crippen LogP contribution in [-0.2, 0) is 11.2 Å². The summed E-state index contributed by atoms with van der Waals surface area (Å²) in [6.45, 7) is 12.4. The van der Waals surface area contributed by atoms with Crippen LogP contribution >= 0.6 is 0 Å². The van der Waals surface area contributed by atoms with Crippen LogP contribution in [0, 0.1) is 60.2 Å². The number of hydrogen-bond acceptors (Lipinski definition) is 1. The summed E-state index contributed by atoms with van der Waals surface area (Å²) >= 11 is 0. The molecule has 0 aromatic heterocycles. The first kappa shape index (κ1) is 22.7. The zero-order valence-electron chi connectivity index (χ0n) is 21.4. The van der Waals surface area contributed by atoms with E-state index in [9.17, 15) is 4.79 Å². The Morgan fingerprint density at radius 2 is 1.66 bits per heavy atom. The lowest BCUT2D eigenvalue weighted by molar-refractivity contribution is -0.140. The topological polar surface area (TPSA) is 17.1 Å². The predicted molar refractivity (Wildman–Crippen MR) is 134 cm³/mol. The summed E-state index contributed by atoms with van der Waals surface area (Å²) in [5.41, 5.74) is 5.55. The van der Waals surface area contributed by atoms with Crippen LogP contribution in [0.2, 0.25) is 0 Å². The summed E-state index contributed by atoms with van der Waals surface area (Å²) in [6, 6.07) is 6.78. The third-order valence-corrected chi connectivity index (χ3v) is 11.7. The first-order valence-corrected chi connectivity index (χ1v) is 13.8. The number of rotatable bonds is 4. The quantitative estimate of drug-likeness (QED) is 0.468. The fourth-order valence-corrected chi connectivity index (χ4v) is 9.84. The molecule has 4 aliphatic carbocycles. The maximum atomic E-state index is 12.2. The lowest BCUT2D eigenvalue weighted by Crippen LogP contribution is -2.53. The van der Waals surface area contributed by atoms with Crippen molar-refractivity contribution in [3.8, 4) is 0 Å². The molecule has 4 saturated carbocycles. The highest BCUT2D eigenvalue weighted by Crippen LogP contribution is 2.68. The number of carbonyl (C=O) groups excluding carboxylic acids is 1. The van der Waals surface area contributed by atoms with Crippen molar-refractivity contribution in [1.29, 1.82) is 0 Å². The van der Waals surface area contributed by atoms with E-state index in [1.54, 1.807) is 5.56 Å². The van der Waals surface area contributed by atoms with E-state index in [1.807, 2.05) is 0 Å². The SMILES string of the molecule is Cc1cccc(C)c1CC[C@@H](C)[C@H]1CC[C@H]2[C@@H]3CC[C@H]4CC(=O)CC[C@]4(C)[C@H]3CC[C@]12C. The Labute approximate surface area is 197 Å². The van der Waals surface area contributed by atoms with Crippen LogP contribution in [0.25, 0.3) is 0 Å². The van der Waals surface area contributed by atoms with Crippen molar-refractivity contribution in [2.24, 2.45) is 46.3 Å². The van der Waals surface area contributed by atoms with E-state index in [4.69, 9.17) is 0 Å². The van der Waals surface area contributed by atoms with Gasteiger partial charge in [-0.2, -0.15) is 0 Å². The second-order valence-corrected chi connectivity index (χ2v) is 13.0. The van der Waals surface area contributed by atoms with Gasteiger partial charge >= 0.3 is 0 Å². The molecular formula is C31H46O. The van der Waals surface area contributed by atoms with E-state index in [2.05, 4.69) is 52.8 Å². The van der Waals surface area contributed by atoms with Crippen molar-refractivity contribution in [2.75, 3.05) is 0 Å². The number of hydrogen-bond donors (Lipinski definition) is 0. The monoisotopic (exact) mass is 434 g/mol. The Balaban J connectivity index is 1.30. The highest BCUT2D eigenvalue weighted by atomic mass is 16.1. The van der Waals surface area contributed by atoms with Gasteiger partial charge < -0.3 is 0 Å². The van der Waals surface area contributed by atoms with Crippen molar-refractivity contribution >= 4 is 5.78 Å². The van der Waals surface area contributed by atoms with Gasteiger partial charge in [0.25, 0.3) is 0 Å². The maximum Gasteiger partial charge on any atom is 0.133 e. The fourth-order valence-electron chi connectivity index (χ4n) is 9.84. The van der Waals surface area contributed by atoms with Crippen molar-refractivity contribution in [1.82, 2.24) is 0 Å². The number of carbonyl (C=O) groups is 1. The molecule has 4 fully saturated rings. The van der Waals surface area contributed by atoms with Gasteiger partial charge in [-0.15, -0.1) is 0 Å². The summed E-state index contributed by atoms with van der Waals surface area (Å²) in [6.07, 6.45) is 14.0. The molecule has 1 heteroatoms. The zero-order chi connectivity index (χ0) is 22.7. The van der Waals surface area contributed by atoms with Gasteiger partial charge in [-0.1, -0.05) is 39.0 Å². The average molecular weight is 435 g/mol. The highest BCUT2D eigenvalue weighted by Gasteiger charge is 2.60. The van der Waals surface area contributed by atoms with Crippen molar-refractivity contribution in [3.63, 3.8) is 0 Å². The van der Waals surface area contributed by atoms with E-state index < -0.39 is 0 Å². The molecule has 5 rings (SSSR count).